The monoisotopic (exact) mass is 356 g/mol. The molecule has 25 heavy (non-hydrogen) atoms. The number of hydrogen-bond acceptors (Lipinski definition) is 4. The van der Waals surface area contributed by atoms with Crippen molar-refractivity contribution in [2.45, 2.75) is 45.3 Å². The summed E-state index contributed by atoms with van der Waals surface area (Å²) < 4.78 is 34.4. The van der Waals surface area contributed by atoms with E-state index in [0.29, 0.717) is 0 Å². The van der Waals surface area contributed by atoms with Crippen molar-refractivity contribution in [2.24, 2.45) is 5.92 Å². The Morgan fingerprint density at radius 3 is 2.44 bits per heavy atom. The number of anilines is 1. The van der Waals surface area contributed by atoms with E-state index in [0.717, 1.165) is 25.7 Å². The van der Waals surface area contributed by atoms with Crippen molar-refractivity contribution in [3.63, 3.8) is 0 Å². The van der Waals surface area contributed by atoms with Gasteiger partial charge in [0, 0.05) is 18.7 Å². The lowest BCUT2D eigenvalue weighted by Crippen LogP contribution is -2.47. The van der Waals surface area contributed by atoms with Gasteiger partial charge in [0.05, 0.1) is 7.11 Å². The Kier molecular flexibility index (Phi) is 6.55. The molecule has 1 aromatic carbocycles. The quantitative estimate of drug-likeness (QED) is 0.788. The van der Waals surface area contributed by atoms with Crippen molar-refractivity contribution in [1.29, 1.82) is 0 Å². The first-order valence-corrected chi connectivity index (χ1v) is 8.11. The smallest absolute Gasteiger partial charge is 0.387 e. The SMILES string of the molecule is COc1ccc(NC(=O)[C@H](NC(C)=O)C2CCCC2)cc1OC(F)F. The van der Waals surface area contributed by atoms with E-state index < -0.39 is 12.7 Å². The van der Waals surface area contributed by atoms with Gasteiger partial charge in [-0.15, -0.1) is 0 Å². The molecule has 1 saturated carbocycles. The maximum atomic E-state index is 12.6. The number of alkyl halides is 2. The molecule has 2 rings (SSSR count). The molecule has 1 aliphatic rings. The third-order valence-electron chi connectivity index (χ3n) is 4.16. The van der Waals surface area contributed by atoms with Crippen molar-refractivity contribution in [3.05, 3.63) is 18.2 Å². The Bertz CT molecular complexity index is 619. The van der Waals surface area contributed by atoms with E-state index in [4.69, 9.17) is 4.74 Å². The summed E-state index contributed by atoms with van der Waals surface area (Å²) in [6, 6.07) is 3.56. The minimum absolute atomic E-state index is 0.0685. The molecule has 1 aliphatic carbocycles. The fraction of sp³-hybridized carbons (Fsp3) is 0.529. The minimum atomic E-state index is -3.01. The number of carbonyl (C=O) groups is 2. The number of carbonyl (C=O) groups excluding carboxylic acids is 2. The Morgan fingerprint density at radius 2 is 1.88 bits per heavy atom. The van der Waals surface area contributed by atoms with Crippen LogP contribution < -0.4 is 20.1 Å². The van der Waals surface area contributed by atoms with Gasteiger partial charge in [-0.05, 0) is 30.9 Å². The second-order valence-electron chi connectivity index (χ2n) is 5.96. The summed E-state index contributed by atoms with van der Waals surface area (Å²) in [5, 5.41) is 5.34. The number of nitrogens with one attached hydrogen (secondary N) is 2. The van der Waals surface area contributed by atoms with Crippen LogP contribution >= 0.6 is 0 Å². The van der Waals surface area contributed by atoms with Gasteiger partial charge in [-0.2, -0.15) is 8.78 Å². The topological polar surface area (TPSA) is 76.7 Å². The molecule has 0 spiro atoms. The Balaban J connectivity index is 2.15. The van der Waals surface area contributed by atoms with Crippen LogP contribution in [-0.4, -0.2) is 31.6 Å². The normalized spacial score (nSPS) is 15.7. The molecule has 138 valence electrons. The van der Waals surface area contributed by atoms with Crippen LogP contribution in [-0.2, 0) is 9.59 Å². The average molecular weight is 356 g/mol. The lowest BCUT2D eigenvalue weighted by molar-refractivity contribution is -0.126. The molecule has 2 N–H and O–H groups in total. The maximum Gasteiger partial charge on any atom is 0.387 e. The Morgan fingerprint density at radius 1 is 1.20 bits per heavy atom. The molecule has 0 radical (unpaired) electrons. The summed E-state index contributed by atoms with van der Waals surface area (Å²) in [6.45, 7) is -1.65. The van der Waals surface area contributed by atoms with Gasteiger partial charge in [-0.25, -0.2) is 0 Å². The number of methoxy groups -OCH3 is 1. The molecule has 8 heteroatoms. The zero-order chi connectivity index (χ0) is 18.4. The van der Waals surface area contributed by atoms with Gasteiger partial charge in [0.25, 0.3) is 0 Å². The van der Waals surface area contributed by atoms with Gasteiger partial charge in [0.2, 0.25) is 11.8 Å². The van der Waals surface area contributed by atoms with E-state index in [1.807, 2.05) is 0 Å². The van der Waals surface area contributed by atoms with Crippen molar-refractivity contribution in [2.75, 3.05) is 12.4 Å². The highest BCUT2D eigenvalue weighted by molar-refractivity contribution is 5.97. The van der Waals surface area contributed by atoms with Crippen molar-refractivity contribution in [3.8, 4) is 11.5 Å². The van der Waals surface area contributed by atoms with E-state index in [1.54, 1.807) is 0 Å². The first-order valence-electron chi connectivity index (χ1n) is 8.11. The van der Waals surface area contributed by atoms with Crippen molar-refractivity contribution >= 4 is 17.5 Å². The molecule has 1 aromatic rings. The predicted molar refractivity (Wildman–Crippen MR) is 87.8 cm³/mol. The molecule has 1 fully saturated rings. The third kappa shape index (κ3) is 5.30. The molecule has 0 bridgehead atoms. The van der Waals surface area contributed by atoms with E-state index in [2.05, 4.69) is 15.4 Å². The lowest BCUT2D eigenvalue weighted by atomic mass is 9.97. The first kappa shape index (κ1) is 19.0. The van der Waals surface area contributed by atoms with E-state index >= 15 is 0 Å². The molecule has 0 aromatic heterocycles. The first-order chi connectivity index (χ1) is 11.9. The molecule has 6 nitrogen and oxygen atoms in total. The number of amides is 2. The van der Waals surface area contributed by atoms with Gasteiger partial charge >= 0.3 is 6.61 Å². The van der Waals surface area contributed by atoms with Gasteiger partial charge in [-0.1, -0.05) is 12.8 Å². The third-order valence-corrected chi connectivity index (χ3v) is 4.16. The van der Waals surface area contributed by atoms with Gasteiger partial charge in [0.1, 0.15) is 6.04 Å². The highest BCUT2D eigenvalue weighted by atomic mass is 19.3. The van der Waals surface area contributed by atoms with Gasteiger partial charge in [-0.3, -0.25) is 9.59 Å². The standard InChI is InChI=1S/C17H22F2N2O4/c1-10(22)20-15(11-5-3-4-6-11)16(23)21-12-7-8-13(24-2)14(9-12)25-17(18)19/h7-9,11,15,17H,3-6H2,1-2H3,(H,20,22)(H,21,23)/t15-/m1/s1. The summed E-state index contributed by atoms with van der Waals surface area (Å²) in [4.78, 5) is 24.0. The van der Waals surface area contributed by atoms with Crippen LogP contribution in [0.2, 0.25) is 0 Å². The molecular weight excluding hydrogens is 334 g/mol. The summed E-state index contributed by atoms with van der Waals surface area (Å²) in [5.41, 5.74) is 0.287. The number of rotatable bonds is 7. The van der Waals surface area contributed by atoms with Gasteiger partial charge < -0.3 is 20.1 Å². The second-order valence-corrected chi connectivity index (χ2v) is 5.96. The van der Waals surface area contributed by atoms with Crippen molar-refractivity contribution in [1.82, 2.24) is 5.32 Å². The fourth-order valence-electron chi connectivity index (χ4n) is 3.07. The predicted octanol–water partition coefficient (Wildman–Crippen LogP) is 2.93. The molecule has 0 unspecified atom stereocenters. The van der Waals surface area contributed by atoms with Gasteiger partial charge in [0.15, 0.2) is 11.5 Å². The van der Waals surface area contributed by atoms with E-state index in [1.165, 1.54) is 32.2 Å². The highest BCUT2D eigenvalue weighted by Gasteiger charge is 2.31. The van der Waals surface area contributed by atoms with E-state index in [9.17, 15) is 18.4 Å². The van der Waals surface area contributed by atoms with Crippen LogP contribution in [0.25, 0.3) is 0 Å². The summed E-state index contributed by atoms with van der Waals surface area (Å²) in [6.07, 6.45) is 3.76. The zero-order valence-electron chi connectivity index (χ0n) is 14.2. The molecule has 1 atom stereocenters. The average Bonchev–Trinajstić information content (AvgIpc) is 3.06. The molecule has 2 amide bonds. The zero-order valence-corrected chi connectivity index (χ0v) is 14.2. The largest absolute Gasteiger partial charge is 0.493 e. The maximum absolute atomic E-state index is 12.6. The number of ether oxygens (including phenoxy) is 2. The highest BCUT2D eigenvalue weighted by Crippen LogP contribution is 2.32. The van der Waals surface area contributed by atoms with Crippen LogP contribution in [0.5, 0.6) is 11.5 Å². The van der Waals surface area contributed by atoms with Crippen LogP contribution in [0.15, 0.2) is 18.2 Å². The van der Waals surface area contributed by atoms with Crippen LogP contribution in [0.3, 0.4) is 0 Å². The van der Waals surface area contributed by atoms with Crippen molar-refractivity contribution < 1.29 is 27.8 Å². The second kappa shape index (κ2) is 8.64. The molecular formula is C17H22F2N2O4. The van der Waals surface area contributed by atoms with Crippen LogP contribution in [0.1, 0.15) is 32.6 Å². The van der Waals surface area contributed by atoms with E-state index in [-0.39, 0.29) is 34.9 Å². The summed E-state index contributed by atoms with van der Waals surface area (Å²) in [5.74, 6) is -0.641. The Labute approximate surface area is 144 Å². The van der Waals surface area contributed by atoms with Crippen LogP contribution in [0, 0.1) is 5.92 Å². The molecule has 0 heterocycles. The fourth-order valence-corrected chi connectivity index (χ4v) is 3.07. The van der Waals surface area contributed by atoms with Crippen LogP contribution in [0.4, 0.5) is 14.5 Å². The number of hydrogen-bond donors (Lipinski definition) is 2. The summed E-state index contributed by atoms with van der Waals surface area (Å²) in [7, 11) is 1.33. The molecule has 0 saturated heterocycles. The number of benzene rings is 1. The lowest BCUT2D eigenvalue weighted by Gasteiger charge is -2.23. The molecule has 0 aliphatic heterocycles. The Hall–Kier alpha value is -2.38. The summed E-state index contributed by atoms with van der Waals surface area (Å²) >= 11 is 0. The minimum Gasteiger partial charge on any atom is -0.493 e. The number of halogens is 2.